The SMILES string of the molecule is OCCC1CCN(c2cccc(Br)n2)C1. The first-order chi connectivity index (χ1) is 7.29. The van der Waals surface area contributed by atoms with Crippen molar-refractivity contribution in [1.29, 1.82) is 0 Å². The first-order valence-electron chi connectivity index (χ1n) is 5.28. The van der Waals surface area contributed by atoms with Gasteiger partial charge >= 0.3 is 0 Å². The summed E-state index contributed by atoms with van der Waals surface area (Å²) < 4.78 is 0.880. The van der Waals surface area contributed by atoms with Crippen molar-refractivity contribution in [3.05, 3.63) is 22.8 Å². The van der Waals surface area contributed by atoms with Gasteiger partial charge in [0.1, 0.15) is 10.4 Å². The predicted molar refractivity (Wildman–Crippen MR) is 64.0 cm³/mol. The van der Waals surface area contributed by atoms with E-state index in [1.165, 1.54) is 0 Å². The fraction of sp³-hybridized carbons (Fsp3) is 0.545. The summed E-state index contributed by atoms with van der Waals surface area (Å²) in [4.78, 5) is 6.71. The molecule has 1 fully saturated rings. The molecule has 3 nitrogen and oxygen atoms in total. The largest absolute Gasteiger partial charge is 0.396 e. The van der Waals surface area contributed by atoms with Gasteiger partial charge < -0.3 is 10.0 Å². The van der Waals surface area contributed by atoms with Crippen LogP contribution in [0.4, 0.5) is 5.82 Å². The molecule has 1 aliphatic heterocycles. The molecule has 0 aromatic carbocycles. The number of rotatable bonds is 3. The van der Waals surface area contributed by atoms with Crippen LogP contribution in [0.2, 0.25) is 0 Å². The molecule has 0 spiro atoms. The van der Waals surface area contributed by atoms with Crippen molar-refractivity contribution >= 4 is 21.7 Å². The Morgan fingerprint density at radius 2 is 2.40 bits per heavy atom. The van der Waals surface area contributed by atoms with E-state index < -0.39 is 0 Å². The van der Waals surface area contributed by atoms with Crippen LogP contribution in [0, 0.1) is 5.92 Å². The zero-order valence-electron chi connectivity index (χ0n) is 8.56. The average molecular weight is 271 g/mol. The van der Waals surface area contributed by atoms with E-state index in [0.717, 1.165) is 36.4 Å². The second-order valence-corrected chi connectivity index (χ2v) is 4.74. The summed E-state index contributed by atoms with van der Waals surface area (Å²) in [6, 6.07) is 5.97. The van der Waals surface area contributed by atoms with Crippen LogP contribution in [0.15, 0.2) is 22.8 Å². The van der Waals surface area contributed by atoms with Crippen LogP contribution in [0.3, 0.4) is 0 Å². The van der Waals surface area contributed by atoms with Crippen LogP contribution >= 0.6 is 15.9 Å². The number of anilines is 1. The van der Waals surface area contributed by atoms with Crippen molar-refractivity contribution in [1.82, 2.24) is 4.98 Å². The van der Waals surface area contributed by atoms with Crippen molar-refractivity contribution in [3.8, 4) is 0 Å². The monoisotopic (exact) mass is 270 g/mol. The zero-order chi connectivity index (χ0) is 10.7. The number of aromatic nitrogens is 1. The third kappa shape index (κ3) is 2.69. The molecule has 4 heteroatoms. The molecular formula is C11H15BrN2O. The highest BCUT2D eigenvalue weighted by Crippen LogP contribution is 2.24. The highest BCUT2D eigenvalue weighted by molar-refractivity contribution is 9.10. The zero-order valence-corrected chi connectivity index (χ0v) is 10.2. The maximum atomic E-state index is 8.89. The van der Waals surface area contributed by atoms with Crippen LogP contribution in [0.25, 0.3) is 0 Å². The maximum absolute atomic E-state index is 8.89. The minimum absolute atomic E-state index is 0.296. The molecule has 1 unspecified atom stereocenters. The first kappa shape index (κ1) is 10.9. The summed E-state index contributed by atoms with van der Waals surface area (Å²) >= 11 is 3.38. The van der Waals surface area contributed by atoms with Crippen molar-refractivity contribution in [2.24, 2.45) is 5.92 Å². The topological polar surface area (TPSA) is 36.4 Å². The van der Waals surface area contributed by atoms with Gasteiger partial charge in [-0.1, -0.05) is 6.07 Å². The number of nitrogens with zero attached hydrogens (tertiary/aromatic N) is 2. The van der Waals surface area contributed by atoms with Gasteiger partial charge in [-0.15, -0.1) is 0 Å². The van der Waals surface area contributed by atoms with E-state index >= 15 is 0 Å². The number of aliphatic hydroxyl groups excluding tert-OH is 1. The van der Waals surface area contributed by atoms with Crippen LogP contribution in [-0.2, 0) is 0 Å². The Kier molecular flexibility index (Phi) is 3.59. The average Bonchev–Trinajstić information content (AvgIpc) is 2.67. The fourth-order valence-corrected chi connectivity index (χ4v) is 2.37. The van der Waals surface area contributed by atoms with Gasteiger partial charge in [-0.05, 0) is 46.8 Å². The predicted octanol–water partition coefficient (Wildman–Crippen LogP) is 2.05. The summed E-state index contributed by atoms with van der Waals surface area (Å²) in [5.74, 6) is 1.65. The number of halogens is 1. The van der Waals surface area contributed by atoms with Gasteiger partial charge in [-0.2, -0.15) is 0 Å². The third-order valence-electron chi connectivity index (χ3n) is 2.85. The van der Waals surface area contributed by atoms with Crippen LogP contribution in [-0.4, -0.2) is 29.8 Å². The van der Waals surface area contributed by atoms with E-state index in [1.54, 1.807) is 0 Å². The second kappa shape index (κ2) is 4.94. The lowest BCUT2D eigenvalue weighted by Gasteiger charge is -2.17. The van der Waals surface area contributed by atoms with Gasteiger partial charge in [0.2, 0.25) is 0 Å². The first-order valence-corrected chi connectivity index (χ1v) is 6.07. The molecule has 2 heterocycles. The lowest BCUT2D eigenvalue weighted by molar-refractivity contribution is 0.263. The Hall–Kier alpha value is -0.610. The van der Waals surface area contributed by atoms with Gasteiger partial charge in [0, 0.05) is 19.7 Å². The van der Waals surface area contributed by atoms with Crippen LogP contribution < -0.4 is 4.90 Å². The molecule has 1 saturated heterocycles. The minimum Gasteiger partial charge on any atom is -0.396 e. The molecule has 15 heavy (non-hydrogen) atoms. The van der Waals surface area contributed by atoms with Gasteiger partial charge in [-0.25, -0.2) is 4.98 Å². The molecule has 0 amide bonds. The number of aliphatic hydroxyl groups is 1. The van der Waals surface area contributed by atoms with E-state index in [4.69, 9.17) is 5.11 Å². The number of pyridine rings is 1. The Morgan fingerprint density at radius 1 is 1.53 bits per heavy atom. The Morgan fingerprint density at radius 3 is 3.13 bits per heavy atom. The molecule has 1 atom stereocenters. The van der Waals surface area contributed by atoms with E-state index in [0.29, 0.717) is 12.5 Å². The highest BCUT2D eigenvalue weighted by atomic mass is 79.9. The summed E-state index contributed by atoms with van der Waals surface area (Å²) in [6.07, 6.45) is 2.07. The fourth-order valence-electron chi connectivity index (χ4n) is 2.03. The lowest BCUT2D eigenvalue weighted by Crippen LogP contribution is -2.20. The maximum Gasteiger partial charge on any atom is 0.129 e. The van der Waals surface area contributed by atoms with Crippen LogP contribution in [0.1, 0.15) is 12.8 Å². The van der Waals surface area contributed by atoms with E-state index in [9.17, 15) is 0 Å². The van der Waals surface area contributed by atoms with E-state index in [2.05, 4.69) is 25.8 Å². The smallest absolute Gasteiger partial charge is 0.129 e. The third-order valence-corrected chi connectivity index (χ3v) is 3.29. The highest BCUT2D eigenvalue weighted by Gasteiger charge is 2.22. The van der Waals surface area contributed by atoms with E-state index in [-0.39, 0.29) is 0 Å². The molecule has 0 aliphatic carbocycles. The summed E-state index contributed by atoms with van der Waals surface area (Å²) in [6.45, 7) is 2.36. The molecule has 0 radical (unpaired) electrons. The number of hydrogen-bond donors (Lipinski definition) is 1. The Labute approximate surface area is 98.3 Å². The van der Waals surface area contributed by atoms with Crippen molar-refractivity contribution in [2.75, 3.05) is 24.6 Å². The molecule has 1 N–H and O–H groups in total. The molecule has 1 aromatic heterocycles. The van der Waals surface area contributed by atoms with Gasteiger partial charge in [-0.3, -0.25) is 0 Å². The molecule has 0 saturated carbocycles. The quantitative estimate of drug-likeness (QED) is 0.855. The Bertz CT molecular complexity index is 332. The van der Waals surface area contributed by atoms with Gasteiger partial charge in [0.15, 0.2) is 0 Å². The number of hydrogen-bond acceptors (Lipinski definition) is 3. The molecule has 2 rings (SSSR count). The van der Waals surface area contributed by atoms with Crippen molar-refractivity contribution < 1.29 is 5.11 Å². The minimum atomic E-state index is 0.296. The van der Waals surface area contributed by atoms with Gasteiger partial charge in [0.25, 0.3) is 0 Å². The van der Waals surface area contributed by atoms with E-state index in [1.807, 2.05) is 18.2 Å². The van der Waals surface area contributed by atoms with Crippen molar-refractivity contribution in [2.45, 2.75) is 12.8 Å². The molecular weight excluding hydrogens is 256 g/mol. The normalized spacial score (nSPS) is 20.9. The molecule has 82 valence electrons. The standard InChI is InChI=1S/C11H15BrN2O/c12-10-2-1-3-11(13-10)14-6-4-9(8-14)5-7-15/h1-3,9,15H,4-8H2. The summed E-state index contributed by atoms with van der Waals surface area (Å²) in [5, 5.41) is 8.89. The summed E-state index contributed by atoms with van der Waals surface area (Å²) in [7, 11) is 0. The molecule has 0 bridgehead atoms. The Balaban J connectivity index is 2.01. The van der Waals surface area contributed by atoms with Crippen molar-refractivity contribution in [3.63, 3.8) is 0 Å². The summed E-state index contributed by atoms with van der Waals surface area (Å²) in [5.41, 5.74) is 0. The molecule has 1 aliphatic rings. The lowest BCUT2D eigenvalue weighted by atomic mass is 10.1. The van der Waals surface area contributed by atoms with Gasteiger partial charge in [0.05, 0.1) is 0 Å². The van der Waals surface area contributed by atoms with Crippen LogP contribution in [0.5, 0.6) is 0 Å². The second-order valence-electron chi connectivity index (χ2n) is 3.93. The molecule has 1 aromatic rings.